The van der Waals surface area contributed by atoms with Gasteiger partial charge >= 0.3 is 0 Å². The first-order chi connectivity index (χ1) is 11.5. The maximum Gasteiger partial charge on any atom is 0.256 e. The van der Waals surface area contributed by atoms with E-state index in [0.717, 1.165) is 12.1 Å². The predicted octanol–water partition coefficient (Wildman–Crippen LogP) is 2.98. The third-order valence-electron chi connectivity index (χ3n) is 3.33. The van der Waals surface area contributed by atoms with Crippen LogP contribution in [0.25, 0.3) is 0 Å². The van der Waals surface area contributed by atoms with Crippen LogP contribution in [0.1, 0.15) is 22.0 Å². The van der Waals surface area contributed by atoms with Crippen LogP contribution in [0.3, 0.4) is 0 Å². The minimum atomic E-state index is -1.27. The monoisotopic (exact) mass is 332 g/mol. The first-order valence-electron chi connectivity index (χ1n) is 6.87. The molecule has 2 aromatic rings. The highest BCUT2D eigenvalue weighted by atomic mass is 19.1. The first-order valence-corrected chi connectivity index (χ1v) is 6.87. The van der Waals surface area contributed by atoms with E-state index in [1.165, 1.54) is 26.4 Å². The van der Waals surface area contributed by atoms with Crippen molar-refractivity contribution in [2.75, 3.05) is 14.2 Å². The summed E-state index contributed by atoms with van der Waals surface area (Å²) in [4.78, 5) is 12.4. The molecule has 1 N–H and O–H groups in total. The summed E-state index contributed by atoms with van der Waals surface area (Å²) in [7, 11) is 2.85. The zero-order valence-electron chi connectivity index (χ0n) is 13.0. The molecule has 0 fully saturated rings. The molecule has 0 saturated heterocycles. The van der Waals surface area contributed by atoms with Gasteiger partial charge in [-0.15, -0.1) is 0 Å². The highest BCUT2D eigenvalue weighted by Gasteiger charge is 2.21. The van der Waals surface area contributed by atoms with Gasteiger partial charge in [0, 0.05) is 17.7 Å². The normalized spacial score (nSPS) is 11.3. The van der Waals surface area contributed by atoms with Gasteiger partial charge in [0.1, 0.15) is 29.2 Å². The number of methoxy groups -OCH3 is 2. The van der Waals surface area contributed by atoms with Crippen LogP contribution >= 0.6 is 0 Å². The number of carbonyl (C=O) groups excluding carboxylic acids is 1. The van der Waals surface area contributed by atoms with Gasteiger partial charge in [-0.25, -0.2) is 8.78 Å². The molecule has 0 aliphatic heterocycles. The molecule has 0 aliphatic carbocycles. The van der Waals surface area contributed by atoms with E-state index in [0.29, 0.717) is 11.8 Å². The lowest BCUT2D eigenvalue weighted by Gasteiger charge is -2.15. The molecule has 0 heterocycles. The van der Waals surface area contributed by atoms with Crippen molar-refractivity contribution in [1.29, 1.82) is 5.26 Å². The maximum atomic E-state index is 13.8. The van der Waals surface area contributed by atoms with Crippen molar-refractivity contribution in [3.63, 3.8) is 0 Å². The van der Waals surface area contributed by atoms with Crippen molar-refractivity contribution in [1.82, 2.24) is 5.32 Å². The van der Waals surface area contributed by atoms with Crippen LogP contribution in [0.2, 0.25) is 0 Å². The molecular formula is C17H14F2N2O3. The summed E-state index contributed by atoms with van der Waals surface area (Å²) >= 11 is 0. The molecule has 24 heavy (non-hydrogen) atoms. The Morgan fingerprint density at radius 2 is 1.92 bits per heavy atom. The molecule has 0 aromatic heterocycles. The van der Waals surface area contributed by atoms with Gasteiger partial charge < -0.3 is 14.8 Å². The first kappa shape index (κ1) is 17.2. The molecule has 1 atom stereocenters. The Labute approximate surface area is 137 Å². The quantitative estimate of drug-likeness (QED) is 0.914. The number of halogens is 2. The topological polar surface area (TPSA) is 71.3 Å². The molecule has 0 bridgehead atoms. The largest absolute Gasteiger partial charge is 0.497 e. The summed E-state index contributed by atoms with van der Waals surface area (Å²) in [6, 6.07) is 7.81. The third kappa shape index (κ3) is 3.60. The summed E-state index contributed by atoms with van der Waals surface area (Å²) in [6.45, 7) is 0. The third-order valence-corrected chi connectivity index (χ3v) is 3.33. The summed E-state index contributed by atoms with van der Waals surface area (Å²) < 4.78 is 36.9. The molecule has 0 saturated carbocycles. The van der Waals surface area contributed by atoms with Crippen LogP contribution < -0.4 is 14.8 Å². The molecule has 2 aromatic carbocycles. The van der Waals surface area contributed by atoms with Crippen molar-refractivity contribution in [3.8, 4) is 17.6 Å². The molecule has 2 rings (SSSR count). The molecule has 0 radical (unpaired) electrons. The standard InChI is InChI=1S/C17H14F2N2O3/c1-23-11-4-6-13(16(8-11)24-2)17(22)21-15(9-20)12-5-3-10(18)7-14(12)19/h3-8,15H,1-2H3,(H,21,22)/t15-/m1/s1. The number of hydrogen-bond donors (Lipinski definition) is 1. The van der Waals surface area contributed by atoms with Crippen molar-refractivity contribution in [2.45, 2.75) is 6.04 Å². The van der Waals surface area contributed by atoms with Crippen LogP contribution in [-0.2, 0) is 0 Å². The summed E-state index contributed by atoms with van der Waals surface area (Å²) in [5.41, 5.74) is 0.0285. The van der Waals surface area contributed by atoms with Gasteiger partial charge in [-0.2, -0.15) is 5.26 Å². The van der Waals surface area contributed by atoms with Crippen molar-refractivity contribution < 1.29 is 23.0 Å². The summed E-state index contributed by atoms with van der Waals surface area (Å²) in [5.74, 6) is -1.59. The molecule has 5 nitrogen and oxygen atoms in total. The van der Waals surface area contributed by atoms with Gasteiger partial charge in [-0.3, -0.25) is 4.79 Å². The zero-order valence-corrected chi connectivity index (χ0v) is 13.0. The SMILES string of the molecule is COc1ccc(C(=O)N[C@H](C#N)c2ccc(F)cc2F)c(OC)c1. The Morgan fingerprint density at radius 3 is 2.50 bits per heavy atom. The number of carbonyl (C=O) groups is 1. The smallest absolute Gasteiger partial charge is 0.256 e. The number of nitriles is 1. The number of amides is 1. The van der Waals surface area contributed by atoms with E-state index in [1.54, 1.807) is 12.1 Å². The average molecular weight is 332 g/mol. The van der Waals surface area contributed by atoms with Crippen LogP contribution in [0, 0.1) is 23.0 Å². The minimum Gasteiger partial charge on any atom is -0.497 e. The Bertz CT molecular complexity index is 803. The Balaban J connectivity index is 2.29. The lowest BCUT2D eigenvalue weighted by atomic mass is 10.1. The van der Waals surface area contributed by atoms with Gasteiger partial charge in [0.15, 0.2) is 0 Å². The number of nitrogens with zero attached hydrogens (tertiary/aromatic N) is 1. The molecule has 7 heteroatoms. The summed E-state index contributed by atoms with van der Waals surface area (Å²) in [6.07, 6.45) is 0. The van der Waals surface area contributed by atoms with Gasteiger partial charge in [0.2, 0.25) is 0 Å². The minimum absolute atomic E-state index is 0.125. The molecule has 0 aliphatic rings. The molecule has 0 spiro atoms. The molecular weight excluding hydrogens is 318 g/mol. The number of benzene rings is 2. The van der Waals surface area contributed by atoms with E-state index in [1.807, 2.05) is 0 Å². The second-order valence-electron chi connectivity index (χ2n) is 4.77. The molecule has 1 amide bonds. The van der Waals surface area contributed by atoms with Crippen molar-refractivity contribution >= 4 is 5.91 Å². The van der Waals surface area contributed by atoms with Crippen LogP contribution in [0.5, 0.6) is 11.5 Å². The Kier molecular flexibility index (Phi) is 5.32. The molecule has 0 unspecified atom stereocenters. The second-order valence-corrected chi connectivity index (χ2v) is 4.77. The predicted molar refractivity (Wildman–Crippen MR) is 81.7 cm³/mol. The lowest BCUT2D eigenvalue weighted by Crippen LogP contribution is -2.28. The van der Waals surface area contributed by atoms with E-state index in [9.17, 15) is 18.8 Å². The van der Waals surface area contributed by atoms with Gasteiger partial charge in [-0.1, -0.05) is 6.07 Å². The van der Waals surface area contributed by atoms with E-state index in [4.69, 9.17) is 9.47 Å². The van der Waals surface area contributed by atoms with Gasteiger partial charge in [0.25, 0.3) is 5.91 Å². The highest BCUT2D eigenvalue weighted by Crippen LogP contribution is 2.25. The fourth-order valence-corrected chi connectivity index (χ4v) is 2.11. The number of ether oxygens (including phenoxy) is 2. The number of rotatable bonds is 5. The van der Waals surface area contributed by atoms with Gasteiger partial charge in [-0.05, 0) is 18.2 Å². The van der Waals surface area contributed by atoms with Crippen LogP contribution in [0.15, 0.2) is 36.4 Å². The fraction of sp³-hybridized carbons (Fsp3) is 0.176. The number of hydrogen-bond acceptors (Lipinski definition) is 4. The molecule has 124 valence electrons. The lowest BCUT2D eigenvalue weighted by molar-refractivity contribution is 0.0941. The summed E-state index contributed by atoms with van der Waals surface area (Å²) in [5, 5.41) is 11.6. The van der Waals surface area contributed by atoms with E-state index < -0.39 is 23.6 Å². The highest BCUT2D eigenvalue weighted by molar-refractivity contribution is 5.97. The Morgan fingerprint density at radius 1 is 1.17 bits per heavy atom. The van der Waals surface area contributed by atoms with Crippen LogP contribution in [0.4, 0.5) is 8.78 Å². The second kappa shape index (κ2) is 7.42. The number of nitrogens with one attached hydrogen (secondary N) is 1. The van der Waals surface area contributed by atoms with E-state index >= 15 is 0 Å². The van der Waals surface area contributed by atoms with E-state index in [-0.39, 0.29) is 16.9 Å². The average Bonchev–Trinajstić information content (AvgIpc) is 2.59. The van der Waals surface area contributed by atoms with Gasteiger partial charge in [0.05, 0.1) is 25.9 Å². The maximum absolute atomic E-state index is 13.8. The van der Waals surface area contributed by atoms with E-state index in [2.05, 4.69) is 5.32 Å². The fourth-order valence-electron chi connectivity index (χ4n) is 2.11. The van der Waals surface area contributed by atoms with Crippen molar-refractivity contribution in [2.24, 2.45) is 0 Å². The van der Waals surface area contributed by atoms with Crippen LogP contribution in [-0.4, -0.2) is 20.1 Å². The Hall–Kier alpha value is -3.14. The van der Waals surface area contributed by atoms with Crippen molar-refractivity contribution in [3.05, 3.63) is 59.2 Å². The zero-order chi connectivity index (χ0) is 17.7.